The average molecular weight is 387 g/mol. The van der Waals surface area contributed by atoms with Crippen molar-refractivity contribution in [2.45, 2.75) is 6.92 Å². The van der Waals surface area contributed by atoms with Crippen LogP contribution >= 0.6 is 0 Å². The number of esters is 1. The molecule has 0 spiro atoms. The minimum absolute atomic E-state index is 0.362. The zero-order chi connectivity index (χ0) is 20.5. The molecule has 0 saturated carbocycles. The molecule has 1 N–H and O–H groups in total. The highest BCUT2D eigenvalue weighted by Crippen LogP contribution is 2.22. The van der Waals surface area contributed by atoms with Crippen molar-refractivity contribution in [3.8, 4) is 11.5 Å². The van der Waals surface area contributed by atoms with Gasteiger partial charge in [0.05, 0.1) is 0 Å². The molecule has 3 aromatic carbocycles. The van der Waals surface area contributed by atoms with Crippen LogP contribution < -0.4 is 10.1 Å². The Kier molecular flexibility index (Phi) is 6.79. The molecule has 0 aliphatic heterocycles. The Morgan fingerprint density at radius 2 is 1.52 bits per heavy atom. The fourth-order valence-electron chi connectivity index (χ4n) is 2.45. The molecule has 29 heavy (non-hydrogen) atoms. The quantitative estimate of drug-likeness (QED) is 0.459. The maximum atomic E-state index is 12.0. The van der Waals surface area contributed by atoms with Gasteiger partial charge in [-0.25, -0.2) is 4.79 Å². The SMILES string of the molecule is Cc1ccc(C=CC(=O)OCC(=O)Nc2ccc(Oc3ccccc3)cc2)cc1. The number of amides is 1. The first-order valence-electron chi connectivity index (χ1n) is 9.13. The molecule has 5 nitrogen and oxygen atoms in total. The summed E-state index contributed by atoms with van der Waals surface area (Å²) in [6.07, 6.45) is 2.94. The van der Waals surface area contributed by atoms with Crippen LogP contribution in [0.4, 0.5) is 5.69 Å². The Labute approximate surface area is 169 Å². The zero-order valence-corrected chi connectivity index (χ0v) is 16.0. The highest BCUT2D eigenvalue weighted by atomic mass is 16.5. The lowest BCUT2D eigenvalue weighted by molar-refractivity contribution is -0.142. The molecular formula is C24H21NO4. The summed E-state index contributed by atoms with van der Waals surface area (Å²) < 4.78 is 10.7. The van der Waals surface area contributed by atoms with E-state index in [1.165, 1.54) is 6.08 Å². The fraction of sp³-hybridized carbons (Fsp3) is 0.0833. The van der Waals surface area contributed by atoms with Crippen LogP contribution in [0, 0.1) is 6.92 Å². The highest BCUT2D eigenvalue weighted by molar-refractivity contribution is 5.94. The second kappa shape index (κ2) is 9.90. The molecule has 3 aromatic rings. The van der Waals surface area contributed by atoms with Crippen molar-refractivity contribution in [2.75, 3.05) is 11.9 Å². The number of carbonyl (C=O) groups excluding carboxylic acids is 2. The number of nitrogens with one attached hydrogen (secondary N) is 1. The minimum Gasteiger partial charge on any atom is -0.457 e. The Morgan fingerprint density at radius 1 is 0.862 bits per heavy atom. The number of rotatable bonds is 7. The third-order valence-electron chi connectivity index (χ3n) is 3.95. The molecule has 0 bridgehead atoms. The van der Waals surface area contributed by atoms with Gasteiger partial charge in [-0.15, -0.1) is 0 Å². The van der Waals surface area contributed by atoms with Crippen LogP contribution in [0.2, 0.25) is 0 Å². The number of ether oxygens (including phenoxy) is 2. The summed E-state index contributed by atoms with van der Waals surface area (Å²) in [4.78, 5) is 23.7. The summed E-state index contributed by atoms with van der Waals surface area (Å²) in [7, 11) is 0. The number of aryl methyl sites for hydroxylation is 1. The predicted molar refractivity (Wildman–Crippen MR) is 113 cm³/mol. The summed E-state index contributed by atoms with van der Waals surface area (Å²) in [5.74, 6) is 0.392. The Hall–Kier alpha value is -3.86. The second-order valence-corrected chi connectivity index (χ2v) is 6.34. The second-order valence-electron chi connectivity index (χ2n) is 6.34. The van der Waals surface area contributed by atoms with E-state index in [4.69, 9.17) is 9.47 Å². The smallest absolute Gasteiger partial charge is 0.331 e. The Morgan fingerprint density at radius 3 is 2.21 bits per heavy atom. The van der Waals surface area contributed by atoms with Gasteiger partial charge in [-0.05, 0) is 55.0 Å². The Bertz CT molecular complexity index is 978. The highest BCUT2D eigenvalue weighted by Gasteiger charge is 2.06. The van der Waals surface area contributed by atoms with E-state index in [1.54, 1.807) is 30.3 Å². The van der Waals surface area contributed by atoms with Crippen LogP contribution in [-0.2, 0) is 14.3 Å². The van der Waals surface area contributed by atoms with Crippen LogP contribution in [0.5, 0.6) is 11.5 Å². The number of hydrogen-bond donors (Lipinski definition) is 1. The van der Waals surface area contributed by atoms with Crippen molar-refractivity contribution < 1.29 is 19.1 Å². The predicted octanol–water partition coefficient (Wildman–Crippen LogP) is 4.98. The summed E-state index contributed by atoms with van der Waals surface area (Å²) in [5.41, 5.74) is 2.61. The molecular weight excluding hydrogens is 366 g/mol. The topological polar surface area (TPSA) is 64.6 Å². The van der Waals surface area contributed by atoms with Crippen molar-refractivity contribution >= 4 is 23.6 Å². The van der Waals surface area contributed by atoms with Gasteiger partial charge in [0.25, 0.3) is 5.91 Å². The van der Waals surface area contributed by atoms with E-state index in [-0.39, 0.29) is 6.61 Å². The third-order valence-corrected chi connectivity index (χ3v) is 3.95. The van der Waals surface area contributed by atoms with Crippen molar-refractivity contribution in [3.63, 3.8) is 0 Å². The maximum Gasteiger partial charge on any atom is 0.331 e. The van der Waals surface area contributed by atoms with Gasteiger partial charge in [-0.1, -0.05) is 48.0 Å². The molecule has 0 radical (unpaired) electrons. The summed E-state index contributed by atoms with van der Waals surface area (Å²) in [6.45, 7) is 1.63. The molecule has 1 amide bonds. The van der Waals surface area contributed by atoms with E-state index >= 15 is 0 Å². The van der Waals surface area contributed by atoms with E-state index in [2.05, 4.69) is 5.32 Å². The normalized spacial score (nSPS) is 10.5. The van der Waals surface area contributed by atoms with Gasteiger partial charge in [-0.3, -0.25) is 4.79 Å². The molecule has 0 heterocycles. The molecule has 0 fully saturated rings. The molecule has 146 valence electrons. The molecule has 0 aliphatic rings. The number of hydrogen-bond acceptors (Lipinski definition) is 4. The van der Waals surface area contributed by atoms with E-state index in [0.29, 0.717) is 11.4 Å². The van der Waals surface area contributed by atoms with Gasteiger partial charge in [-0.2, -0.15) is 0 Å². The largest absolute Gasteiger partial charge is 0.457 e. The maximum absolute atomic E-state index is 12.0. The lowest BCUT2D eigenvalue weighted by atomic mass is 10.1. The van der Waals surface area contributed by atoms with Gasteiger partial charge >= 0.3 is 5.97 Å². The van der Waals surface area contributed by atoms with Crippen LogP contribution in [0.3, 0.4) is 0 Å². The molecule has 0 atom stereocenters. The third kappa shape index (κ3) is 6.66. The van der Waals surface area contributed by atoms with Gasteiger partial charge in [0.15, 0.2) is 6.61 Å². The van der Waals surface area contributed by atoms with Crippen molar-refractivity contribution in [1.29, 1.82) is 0 Å². The Balaban J connectivity index is 1.44. The molecule has 0 unspecified atom stereocenters. The van der Waals surface area contributed by atoms with Crippen LogP contribution in [0.1, 0.15) is 11.1 Å². The van der Waals surface area contributed by atoms with Crippen LogP contribution in [0.15, 0.2) is 84.9 Å². The van der Waals surface area contributed by atoms with Crippen molar-refractivity contribution in [1.82, 2.24) is 0 Å². The lowest BCUT2D eigenvalue weighted by Crippen LogP contribution is -2.20. The van der Waals surface area contributed by atoms with Gasteiger partial charge < -0.3 is 14.8 Å². The standard InChI is InChI=1S/C24H21NO4/c1-18-7-9-19(10-8-18)11-16-24(27)28-17-23(26)25-20-12-14-22(15-13-20)29-21-5-3-2-4-6-21/h2-16H,17H2,1H3,(H,25,26). The summed E-state index contributed by atoms with van der Waals surface area (Å²) in [6, 6.07) is 24.0. The molecule has 0 saturated heterocycles. The molecule has 0 aliphatic carbocycles. The zero-order valence-electron chi connectivity index (χ0n) is 16.0. The molecule has 0 aromatic heterocycles. The monoisotopic (exact) mass is 387 g/mol. The minimum atomic E-state index is -0.577. The first-order chi connectivity index (χ1) is 14.1. The van der Waals surface area contributed by atoms with Crippen LogP contribution in [-0.4, -0.2) is 18.5 Å². The first-order valence-corrected chi connectivity index (χ1v) is 9.13. The summed E-state index contributed by atoms with van der Waals surface area (Å²) >= 11 is 0. The number of benzene rings is 3. The lowest BCUT2D eigenvalue weighted by Gasteiger charge is -2.08. The average Bonchev–Trinajstić information content (AvgIpc) is 2.74. The first kappa shape index (κ1) is 19.9. The number of carbonyl (C=O) groups is 2. The number of para-hydroxylation sites is 1. The molecule has 5 heteroatoms. The summed E-state index contributed by atoms with van der Waals surface area (Å²) in [5, 5.41) is 2.67. The van der Waals surface area contributed by atoms with Gasteiger partial charge in [0.1, 0.15) is 11.5 Å². The van der Waals surface area contributed by atoms with E-state index in [1.807, 2.05) is 61.5 Å². The number of anilines is 1. The van der Waals surface area contributed by atoms with Gasteiger partial charge in [0, 0.05) is 11.8 Å². The van der Waals surface area contributed by atoms with E-state index < -0.39 is 11.9 Å². The van der Waals surface area contributed by atoms with E-state index in [0.717, 1.165) is 16.9 Å². The van der Waals surface area contributed by atoms with Crippen molar-refractivity contribution in [3.05, 3.63) is 96.1 Å². The van der Waals surface area contributed by atoms with Crippen molar-refractivity contribution in [2.24, 2.45) is 0 Å². The van der Waals surface area contributed by atoms with E-state index in [9.17, 15) is 9.59 Å². The molecule has 3 rings (SSSR count). The van der Waals surface area contributed by atoms with Gasteiger partial charge in [0.2, 0.25) is 0 Å². The fourth-order valence-corrected chi connectivity index (χ4v) is 2.45. The van der Waals surface area contributed by atoms with Crippen LogP contribution in [0.25, 0.3) is 6.08 Å².